The maximum Gasteiger partial charge on any atom is 0.0697 e. The molecule has 0 aromatic carbocycles. The number of halogens is 1. The molecule has 0 saturated heterocycles. The Morgan fingerprint density at radius 1 is 1.69 bits per heavy atom. The predicted octanol–water partition coefficient (Wildman–Crippen LogP) is 2.42. The summed E-state index contributed by atoms with van der Waals surface area (Å²) >= 11 is 5.20. The van der Waals surface area contributed by atoms with Crippen LogP contribution in [0.15, 0.2) is 15.9 Å². The molecule has 0 aliphatic heterocycles. The molecule has 2 unspecified atom stereocenters. The Morgan fingerprint density at radius 2 is 2.38 bits per heavy atom. The van der Waals surface area contributed by atoms with Gasteiger partial charge in [0.15, 0.2) is 0 Å². The van der Waals surface area contributed by atoms with Gasteiger partial charge in [-0.2, -0.15) is 0 Å². The zero-order chi connectivity index (χ0) is 9.84. The molecule has 0 spiro atoms. The van der Waals surface area contributed by atoms with E-state index < -0.39 is 0 Å². The maximum absolute atomic E-state index is 5.95. The number of thiophene rings is 1. The molecule has 1 heterocycles. The highest BCUT2D eigenvalue weighted by Crippen LogP contribution is 2.24. The number of methoxy groups -OCH3 is 1. The zero-order valence-electron chi connectivity index (χ0n) is 7.79. The van der Waals surface area contributed by atoms with Crippen LogP contribution in [-0.2, 0) is 11.2 Å². The van der Waals surface area contributed by atoms with Gasteiger partial charge < -0.3 is 10.5 Å². The lowest BCUT2D eigenvalue weighted by Crippen LogP contribution is -2.35. The zero-order valence-corrected chi connectivity index (χ0v) is 10.2. The van der Waals surface area contributed by atoms with Crippen LogP contribution in [0.4, 0.5) is 0 Å². The van der Waals surface area contributed by atoms with E-state index in [9.17, 15) is 0 Å². The van der Waals surface area contributed by atoms with E-state index in [4.69, 9.17) is 10.5 Å². The largest absolute Gasteiger partial charge is 0.380 e. The van der Waals surface area contributed by atoms with Crippen LogP contribution in [0, 0.1) is 0 Å². The van der Waals surface area contributed by atoms with Crippen LogP contribution in [0.1, 0.15) is 11.8 Å². The Labute approximate surface area is 91.2 Å². The van der Waals surface area contributed by atoms with Gasteiger partial charge in [-0.25, -0.2) is 0 Å². The van der Waals surface area contributed by atoms with Gasteiger partial charge in [0.25, 0.3) is 0 Å². The van der Waals surface area contributed by atoms with Gasteiger partial charge in [0, 0.05) is 28.9 Å². The van der Waals surface area contributed by atoms with Crippen LogP contribution in [0.5, 0.6) is 0 Å². The summed E-state index contributed by atoms with van der Waals surface area (Å²) in [4.78, 5) is 1.29. The van der Waals surface area contributed by atoms with Crippen molar-refractivity contribution in [3.8, 4) is 0 Å². The Hall–Kier alpha value is 0.100. The highest BCUT2D eigenvalue weighted by atomic mass is 79.9. The first-order valence-electron chi connectivity index (χ1n) is 4.15. The summed E-state index contributed by atoms with van der Waals surface area (Å²) in [5, 5.41) is 2.06. The second-order valence-electron chi connectivity index (χ2n) is 3.00. The molecule has 13 heavy (non-hydrogen) atoms. The molecule has 2 atom stereocenters. The van der Waals surface area contributed by atoms with Crippen molar-refractivity contribution in [2.75, 3.05) is 7.11 Å². The smallest absolute Gasteiger partial charge is 0.0697 e. The monoisotopic (exact) mass is 263 g/mol. The number of hydrogen-bond donors (Lipinski definition) is 1. The topological polar surface area (TPSA) is 35.2 Å². The van der Waals surface area contributed by atoms with E-state index in [1.165, 1.54) is 4.88 Å². The van der Waals surface area contributed by atoms with E-state index in [0.29, 0.717) is 0 Å². The minimum Gasteiger partial charge on any atom is -0.380 e. The lowest BCUT2D eigenvalue weighted by atomic mass is 10.1. The van der Waals surface area contributed by atoms with E-state index in [2.05, 4.69) is 21.3 Å². The second kappa shape index (κ2) is 5.10. The number of hydrogen-bond acceptors (Lipinski definition) is 3. The van der Waals surface area contributed by atoms with Crippen molar-refractivity contribution >= 4 is 27.3 Å². The first-order valence-corrected chi connectivity index (χ1v) is 5.82. The molecule has 0 fully saturated rings. The van der Waals surface area contributed by atoms with Crippen LogP contribution in [-0.4, -0.2) is 19.3 Å². The third-order valence-corrected chi connectivity index (χ3v) is 4.04. The minimum atomic E-state index is 0.0694. The molecule has 0 bridgehead atoms. The molecule has 0 amide bonds. The maximum atomic E-state index is 5.95. The summed E-state index contributed by atoms with van der Waals surface area (Å²) in [7, 11) is 1.69. The van der Waals surface area contributed by atoms with Crippen molar-refractivity contribution in [2.24, 2.45) is 5.73 Å². The molecule has 1 aromatic heterocycles. The third-order valence-electron chi connectivity index (χ3n) is 2.09. The Bertz CT molecular complexity index is 264. The average molecular weight is 264 g/mol. The summed E-state index contributed by atoms with van der Waals surface area (Å²) in [5.74, 6) is 0. The van der Waals surface area contributed by atoms with Crippen molar-refractivity contribution in [3.63, 3.8) is 0 Å². The quantitative estimate of drug-likeness (QED) is 0.906. The van der Waals surface area contributed by atoms with Gasteiger partial charge in [-0.1, -0.05) is 0 Å². The third kappa shape index (κ3) is 3.06. The molecule has 0 radical (unpaired) electrons. The van der Waals surface area contributed by atoms with Crippen molar-refractivity contribution in [2.45, 2.75) is 25.5 Å². The lowest BCUT2D eigenvalue weighted by Gasteiger charge is -2.17. The van der Waals surface area contributed by atoms with E-state index >= 15 is 0 Å². The first-order chi connectivity index (χ1) is 6.15. The van der Waals surface area contributed by atoms with Gasteiger partial charge >= 0.3 is 0 Å². The highest BCUT2D eigenvalue weighted by molar-refractivity contribution is 9.10. The number of rotatable bonds is 4. The molecule has 1 aromatic rings. The van der Waals surface area contributed by atoms with Crippen LogP contribution in [0.25, 0.3) is 0 Å². The molecular formula is C9H14BrNOS. The standard InChI is InChI=1S/C9H14BrNOS/c1-6(12-2)8(11)5-9-7(10)3-4-13-9/h3-4,6,8H,5,11H2,1-2H3. The molecule has 0 aliphatic carbocycles. The fourth-order valence-electron chi connectivity index (χ4n) is 1.03. The molecule has 0 saturated carbocycles. The Balaban J connectivity index is 2.54. The summed E-state index contributed by atoms with van der Waals surface area (Å²) in [5.41, 5.74) is 5.95. The molecular weight excluding hydrogens is 250 g/mol. The number of ether oxygens (including phenoxy) is 1. The fraction of sp³-hybridized carbons (Fsp3) is 0.556. The van der Waals surface area contributed by atoms with Crippen LogP contribution >= 0.6 is 27.3 Å². The SMILES string of the molecule is COC(C)C(N)Cc1sccc1Br. The molecule has 0 aliphatic rings. The Morgan fingerprint density at radius 3 is 2.85 bits per heavy atom. The van der Waals surface area contributed by atoms with Gasteiger partial charge in [0.2, 0.25) is 0 Å². The van der Waals surface area contributed by atoms with Crippen LogP contribution < -0.4 is 5.73 Å². The van der Waals surface area contributed by atoms with Gasteiger partial charge in [0.1, 0.15) is 0 Å². The minimum absolute atomic E-state index is 0.0694. The van der Waals surface area contributed by atoms with Crippen molar-refractivity contribution < 1.29 is 4.74 Å². The lowest BCUT2D eigenvalue weighted by molar-refractivity contribution is 0.0958. The molecule has 4 heteroatoms. The Kier molecular flexibility index (Phi) is 4.38. The van der Waals surface area contributed by atoms with E-state index in [1.54, 1.807) is 18.4 Å². The summed E-state index contributed by atoms with van der Waals surface area (Å²) < 4.78 is 6.31. The second-order valence-corrected chi connectivity index (χ2v) is 4.86. The molecule has 2 N–H and O–H groups in total. The first kappa shape index (κ1) is 11.2. The van der Waals surface area contributed by atoms with Crippen LogP contribution in [0.3, 0.4) is 0 Å². The van der Waals surface area contributed by atoms with Crippen molar-refractivity contribution in [1.82, 2.24) is 0 Å². The summed E-state index contributed by atoms with van der Waals surface area (Å²) in [6.07, 6.45) is 0.974. The molecule has 74 valence electrons. The van der Waals surface area contributed by atoms with Gasteiger partial charge in [-0.3, -0.25) is 0 Å². The summed E-state index contributed by atoms with van der Waals surface area (Å²) in [6, 6.07) is 2.12. The van der Waals surface area contributed by atoms with Crippen molar-refractivity contribution in [1.29, 1.82) is 0 Å². The van der Waals surface area contributed by atoms with Crippen molar-refractivity contribution in [3.05, 3.63) is 20.8 Å². The summed E-state index contributed by atoms with van der Waals surface area (Å²) in [6.45, 7) is 1.99. The molecule has 2 nitrogen and oxygen atoms in total. The average Bonchev–Trinajstić information content (AvgIpc) is 2.50. The van der Waals surface area contributed by atoms with Crippen LogP contribution in [0.2, 0.25) is 0 Å². The normalized spacial score (nSPS) is 15.7. The van der Waals surface area contributed by atoms with Gasteiger partial charge in [0.05, 0.1) is 6.10 Å². The predicted molar refractivity (Wildman–Crippen MR) is 60.2 cm³/mol. The van der Waals surface area contributed by atoms with Gasteiger partial charge in [-0.05, 0) is 34.3 Å². The van der Waals surface area contributed by atoms with E-state index in [0.717, 1.165) is 10.9 Å². The molecule has 1 rings (SSSR count). The van der Waals surface area contributed by atoms with Gasteiger partial charge in [-0.15, -0.1) is 11.3 Å². The highest BCUT2D eigenvalue weighted by Gasteiger charge is 2.14. The fourth-order valence-corrected chi connectivity index (χ4v) is 2.61. The van der Waals surface area contributed by atoms with E-state index in [1.807, 2.05) is 13.0 Å². The van der Waals surface area contributed by atoms with E-state index in [-0.39, 0.29) is 12.1 Å². The number of nitrogens with two attached hydrogens (primary N) is 1.